The third kappa shape index (κ3) is 1.98. The molecular weight excluding hydrogens is 186 g/mol. The van der Waals surface area contributed by atoms with Crippen molar-refractivity contribution in [3.8, 4) is 0 Å². The Bertz CT molecular complexity index is 255. The van der Waals surface area contributed by atoms with Gasteiger partial charge in [0.05, 0.1) is 6.10 Å². The summed E-state index contributed by atoms with van der Waals surface area (Å²) >= 11 is 0. The molecule has 0 radical (unpaired) electrons. The van der Waals surface area contributed by atoms with Gasteiger partial charge in [-0.15, -0.1) is 0 Å². The quantitative estimate of drug-likeness (QED) is 0.696. The minimum atomic E-state index is -0.0267. The van der Waals surface area contributed by atoms with Gasteiger partial charge in [-0.2, -0.15) is 0 Å². The van der Waals surface area contributed by atoms with E-state index in [1.54, 1.807) is 0 Å². The lowest BCUT2D eigenvalue weighted by atomic mass is 9.92. The lowest BCUT2D eigenvalue weighted by Gasteiger charge is -2.33. The number of allylic oxidation sites excluding steroid dienone is 2. The van der Waals surface area contributed by atoms with E-state index in [4.69, 9.17) is 0 Å². The summed E-state index contributed by atoms with van der Waals surface area (Å²) in [4.78, 5) is 2.56. The monoisotopic (exact) mass is 207 g/mol. The molecule has 1 N–H and O–H groups in total. The van der Waals surface area contributed by atoms with Crippen molar-refractivity contribution < 1.29 is 5.11 Å². The normalized spacial score (nSPS) is 41.5. The van der Waals surface area contributed by atoms with Gasteiger partial charge in [0.1, 0.15) is 0 Å². The molecule has 3 rings (SSSR count). The van der Waals surface area contributed by atoms with E-state index in [0.29, 0.717) is 0 Å². The van der Waals surface area contributed by atoms with Crippen molar-refractivity contribution >= 4 is 0 Å². The Morgan fingerprint density at radius 1 is 1.13 bits per heavy atom. The molecule has 3 atom stereocenters. The molecule has 3 aliphatic rings. The van der Waals surface area contributed by atoms with Gasteiger partial charge in [-0.3, -0.25) is 0 Å². The number of aliphatic hydroxyl groups is 1. The topological polar surface area (TPSA) is 23.5 Å². The highest BCUT2D eigenvalue weighted by Crippen LogP contribution is 2.43. The van der Waals surface area contributed by atoms with E-state index in [0.717, 1.165) is 43.7 Å². The Kier molecular flexibility index (Phi) is 2.57. The summed E-state index contributed by atoms with van der Waals surface area (Å²) in [6.45, 7) is 3.50. The molecular formula is C13H21NO. The summed E-state index contributed by atoms with van der Waals surface area (Å²) in [5.74, 6) is 2.69. The third-order valence-electron chi connectivity index (χ3n) is 4.47. The minimum absolute atomic E-state index is 0.0267. The predicted molar refractivity (Wildman–Crippen MR) is 60.5 cm³/mol. The summed E-state index contributed by atoms with van der Waals surface area (Å²) < 4.78 is 0. The van der Waals surface area contributed by atoms with Gasteiger partial charge in [0.25, 0.3) is 0 Å². The molecule has 0 unspecified atom stereocenters. The van der Waals surface area contributed by atoms with Crippen LogP contribution in [0.2, 0.25) is 0 Å². The lowest BCUT2D eigenvalue weighted by molar-refractivity contribution is 0.0724. The zero-order chi connectivity index (χ0) is 10.3. The fourth-order valence-corrected chi connectivity index (χ4v) is 3.54. The first-order chi connectivity index (χ1) is 7.31. The van der Waals surface area contributed by atoms with Crippen LogP contribution in [-0.4, -0.2) is 35.7 Å². The van der Waals surface area contributed by atoms with Crippen LogP contribution in [0.3, 0.4) is 0 Å². The van der Waals surface area contributed by atoms with Crippen LogP contribution >= 0.6 is 0 Å². The maximum Gasteiger partial charge on any atom is 0.0564 e. The number of fused-ring (bicyclic) bond motifs is 2. The number of nitrogens with zero attached hydrogens (tertiary/aromatic N) is 1. The van der Waals surface area contributed by atoms with Crippen molar-refractivity contribution in [3.05, 3.63) is 12.2 Å². The second-order valence-electron chi connectivity index (χ2n) is 5.57. The van der Waals surface area contributed by atoms with Gasteiger partial charge in [-0.05, 0) is 43.4 Å². The molecule has 1 heterocycles. The predicted octanol–water partition coefficient (Wildman–Crippen LogP) is 1.66. The molecule has 0 spiro atoms. The zero-order valence-corrected chi connectivity index (χ0v) is 9.31. The van der Waals surface area contributed by atoms with Gasteiger partial charge < -0.3 is 10.0 Å². The number of hydrogen-bond acceptors (Lipinski definition) is 2. The van der Waals surface area contributed by atoms with Crippen LogP contribution in [0.1, 0.15) is 25.7 Å². The van der Waals surface area contributed by atoms with Crippen molar-refractivity contribution in [1.82, 2.24) is 4.90 Å². The van der Waals surface area contributed by atoms with Gasteiger partial charge in [0, 0.05) is 19.6 Å². The summed E-state index contributed by atoms with van der Waals surface area (Å²) in [5.41, 5.74) is 0. The van der Waals surface area contributed by atoms with Crippen LogP contribution in [0.5, 0.6) is 0 Å². The Hall–Kier alpha value is -0.340. The summed E-state index contributed by atoms with van der Waals surface area (Å²) in [6.07, 6.45) is 9.63. The minimum Gasteiger partial charge on any atom is -0.393 e. The molecule has 0 aromatic rings. The second kappa shape index (κ2) is 3.91. The average Bonchev–Trinajstić information content (AvgIpc) is 2.83. The largest absolute Gasteiger partial charge is 0.393 e. The Balaban J connectivity index is 1.51. The molecule has 1 saturated carbocycles. The second-order valence-corrected chi connectivity index (χ2v) is 5.57. The Morgan fingerprint density at radius 2 is 1.93 bits per heavy atom. The number of likely N-dealkylation sites (tertiary alicyclic amines) is 1. The van der Waals surface area contributed by atoms with E-state index in [2.05, 4.69) is 17.1 Å². The van der Waals surface area contributed by atoms with E-state index in [-0.39, 0.29) is 6.10 Å². The fraction of sp³-hybridized carbons (Fsp3) is 0.846. The first kappa shape index (κ1) is 9.86. The van der Waals surface area contributed by atoms with Crippen molar-refractivity contribution in [3.63, 3.8) is 0 Å². The molecule has 1 aliphatic heterocycles. The highest BCUT2D eigenvalue weighted by molar-refractivity contribution is 5.10. The van der Waals surface area contributed by atoms with Gasteiger partial charge in [-0.25, -0.2) is 0 Å². The molecule has 2 bridgehead atoms. The summed E-state index contributed by atoms with van der Waals surface area (Å²) in [6, 6.07) is 0. The molecule has 0 aromatic carbocycles. The van der Waals surface area contributed by atoms with Crippen LogP contribution in [0.25, 0.3) is 0 Å². The van der Waals surface area contributed by atoms with Crippen molar-refractivity contribution in [1.29, 1.82) is 0 Å². The van der Waals surface area contributed by atoms with E-state index >= 15 is 0 Å². The van der Waals surface area contributed by atoms with E-state index < -0.39 is 0 Å². The number of piperidine rings is 1. The maximum atomic E-state index is 9.46. The molecule has 2 aliphatic carbocycles. The molecule has 0 amide bonds. The number of aliphatic hydroxyl groups excluding tert-OH is 1. The molecule has 2 fully saturated rings. The Labute approximate surface area is 92.0 Å². The van der Waals surface area contributed by atoms with Crippen LogP contribution in [-0.2, 0) is 0 Å². The lowest BCUT2D eigenvalue weighted by Crippen LogP contribution is -2.39. The van der Waals surface area contributed by atoms with E-state index in [1.807, 2.05) is 0 Å². The highest BCUT2D eigenvalue weighted by atomic mass is 16.3. The van der Waals surface area contributed by atoms with Crippen molar-refractivity contribution in [2.45, 2.75) is 31.8 Å². The third-order valence-corrected chi connectivity index (χ3v) is 4.47. The Morgan fingerprint density at radius 3 is 2.53 bits per heavy atom. The fourth-order valence-electron chi connectivity index (χ4n) is 3.54. The summed E-state index contributed by atoms with van der Waals surface area (Å²) in [7, 11) is 0. The number of rotatable bonds is 2. The standard InChI is InChI=1S/C13H21NO/c15-13-3-5-14(6-4-13)9-12-8-10-1-2-11(12)7-10/h1-2,10-13,15H,3-9H2/t10-,11-,12+/m1/s1. The molecule has 15 heavy (non-hydrogen) atoms. The van der Waals surface area contributed by atoms with Gasteiger partial charge in [0.15, 0.2) is 0 Å². The first-order valence-corrected chi connectivity index (χ1v) is 6.40. The van der Waals surface area contributed by atoms with Gasteiger partial charge >= 0.3 is 0 Å². The average molecular weight is 207 g/mol. The summed E-state index contributed by atoms with van der Waals surface area (Å²) in [5, 5.41) is 9.46. The first-order valence-electron chi connectivity index (χ1n) is 6.40. The molecule has 0 aromatic heterocycles. The van der Waals surface area contributed by atoms with Gasteiger partial charge in [0.2, 0.25) is 0 Å². The van der Waals surface area contributed by atoms with Crippen LogP contribution in [0.15, 0.2) is 12.2 Å². The highest BCUT2D eigenvalue weighted by Gasteiger charge is 2.36. The van der Waals surface area contributed by atoms with Gasteiger partial charge in [-0.1, -0.05) is 12.2 Å². The van der Waals surface area contributed by atoms with Crippen molar-refractivity contribution in [2.24, 2.45) is 17.8 Å². The van der Waals surface area contributed by atoms with Crippen LogP contribution in [0.4, 0.5) is 0 Å². The maximum absolute atomic E-state index is 9.46. The van der Waals surface area contributed by atoms with Crippen molar-refractivity contribution in [2.75, 3.05) is 19.6 Å². The smallest absolute Gasteiger partial charge is 0.0564 e. The van der Waals surface area contributed by atoms with E-state index in [1.165, 1.54) is 19.4 Å². The zero-order valence-electron chi connectivity index (χ0n) is 9.31. The molecule has 84 valence electrons. The van der Waals surface area contributed by atoms with Crippen LogP contribution < -0.4 is 0 Å². The SMILES string of the molecule is OC1CCN(C[C@@H]2C[C@@H]3C=C[C@@H]2C3)CC1. The number of hydrogen-bond donors (Lipinski definition) is 1. The van der Waals surface area contributed by atoms with Crippen LogP contribution in [0, 0.1) is 17.8 Å². The van der Waals surface area contributed by atoms with E-state index in [9.17, 15) is 5.11 Å². The molecule has 1 saturated heterocycles. The molecule has 2 heteroatoms. The molecule has 2 nitrogen and oxygen atoms in total.